The molecule has 5 nitrogen and oxygen atoms in total. The highest BCUT2D eigenvalue weighted by atomic mass is 16.7. The molecular weight excluding hydrogens is 338 g/mol. The maximum atomic E-state index is 13.8. The zero-order valence-corrected chi connectivity index (χ0v) is 19.1. The Kier molecular flexibility index (Phi) is 7.52. The molecule has 0 aromatic heterocycles. The fourth-order valence-electron chi connectivity index (χ4n) is 4.17. The molecule has 0 aliphatic carbocycles. The maximum absolute atomic E-state index is 13.8. The Morgan fingerprint density at radius 2 is 1.67 bits per heavy atom. The first kappa shape index (κ1) is 23.9. The van der Waals surface area contributed by atoms with Crippen LogP contribution in [0.25, 0.3) is 0 Å². The Morgan fingerprint density at radius 3 is 2.11 bits per heavy atom. The van der Waals surface area contributed by atoms with Gasteiger partial charge in [0, 0.05) is 12.1 Å². The van der Waals surface area contributed by atoms with E-state index in [0.717, 1.165) is 12.8 Å². The van der Waals surface area contributed by atoms with Gasteiger partial charge in [-0.3, -0.25) is 9.63 Å². The number of hydroxylamine groups is 2. The first-order valence-electron chi connectivity index (χ1n) is 10.6. The molecule has 1 heterocycles. The van der Waals surface area contributed by atoms with Gasteiger partial charge in [-0.2, -0.15) is 10.3 Å². The van der Waals surface area contributed by atoms with Crippen LogP contribution in [0.15, 0.2) is 0 Å². The van der Waals surface area contributed by atoms with Crippen molar-refractivity contribution < 1.29 is 9.63 Å². The van der Waals surface area contributed by atoms with Crippen molar-refractivity contribution in [3.63, 3.8) is 0 Å². The highest BCUT2D eigenvalue weighted by Gasteiger charge is 2.58. The molecule has 1 rings (SSSR count). The monoisotopic (exact) mass is 379 g/mol. The van der Waals surface area contributed by atoms with Crippen molar-refractivity contribution >= 4 is 5.91 Å². The molecule has 0 atom stereocenters. The number of nitrogens with zero attached hydrogens (tertiary/aromatic N) is 3. The molecule has 0 unspecified atom stereocenters. The third kappa shape index (κ3) is 4.84. The van der Waals surface area contributed by atoms with Gasteiger partial charge in [0.2, 0.25) is 5.91 Å². The van der Waals surface area contributed by atoms with E-state index in [1.807, 2.05) is 18.9 Å². The second-order valence-electron chi connectivity index (χ2n) is 9.72. The molecule has 0 spiro atoms. The normalized spacial score (nSPS) is 20.6. The molecule has 0 saturated carbocycles. The van der Waals surface area contributed by atoms with Crippen LogP contribution >= 0.6 is 0 Å². The van der Waals surface area contributed by atoms with Crippen molar-refractivity contribution in [3.05, 3.63) is 0 Å². The van der Waals surface area contributed by atoms with Crippen LogP contribution in [0, 0.1) is 11.3 Å². The van der Waals surface area contributed by atoms with Crippen LogP contribution in [0.2, 0.25) is 0 Å². The SMILES string of the molecule is CCCCCC(C)(C)N1CC(C)(C)N(OC(C)(C)C#N)C(CC)(CC)C1=O. The van der Waals surface area contributed by atoms with Gasteiger partial charge in [0.25, 0.3) is 0 Å². The third-order valence-corrected chi connectivity index (χ3v) is 6.01. The summed E-state index contributed by atoms with van der Waals surface area (Å²) in [5.74, 6) is 0.127. The average molecular weight is 380 g/mol. The molecule has 0 aromatic carbocycles. The standard InChI is InChI=1S/C22H41N3O2/c1-10-13-14-15-19(4,5)24-17-20(6,7)25(27-21(8,9)16-23)22(11-2,12-3)18(24)26/h10-15,17H2,1-9H3. The summed E-state index contributed by atoms with van der Waals surface area (Å²) in [4.78, 5) is 22.1. The highest BCUT2D eigenvalue weighted by Crippen LogP contribution is 2.43. The van der Waals surface area contributed by atoms with Gasteiger partial charge in [0.15, 0.2) is 5.60 Å². The number of unbranched alkanes of at least 4 members (excludes halogenated alkanes) is 2. The van der Waals surface area contributed by atoms with E-state index in [4.69, 9.17) is 4.84 Å². The first-order chi connectivity index (χ1) is 12.3. The molecule has 1 aliphatic rings. The molecule has 1 fully saturated rings. The minimum absolute atomic E-state index is 0.127. The second kappa shape index (κ2) is 8.49. The molecule has 0 radical (unpaired) electrons. The van der Waals surface area contributed by atoms with Crippen molar-refractivity contribution in [2.45, 2.75) is 123 Å². The smallest absolute Gasteiger partial charge is 0.245 e. The van der Waals surface area contributed by atoms with Crippen LogP contribution in [0.4, 0.5) is 0 Å². The van der Waals surface area contributed by atoms with E-state index in [9.17, 15) is 10.1 Å². The summed E-state index contributed by atoms with van der Waals surface area (Å²) in [7, 11) is 0. The number of nitriles is 1. The number of rotatable bonds is 9. The lowest BCUT2D eigenvalue weighted by Crippen LogP contribution is -2.76. The van der Waals surface area contributed by atoms with E-state index in [0.29, 0.717) is 19.4 Å². The molecule has 0 bridgehead atoms. The largest absolute Gasteiger partial charge is 0.334 e. The average Bonchev–Trinajstić information content (AvgIpc) is 2.59. The van der Waals surface area contributed by atoms with E-state index in [1.165, 1.54) is 12.8 Å². The molecule has 0 N–H and O–H groups in total. The zero-order valence-electron chi connectivity index (χ0n) is 19.1. The van der Waals surface area contributed by atoms with Crippen molar-refractivity contribution in [2.75, 3.05) is 6.54 Å². The fraction of sp³-hybridized carbons (Fsp3) is 0.909. The zero-order chi connectivity index (χ0) is 21.1. The second-order valence-corrected chi connectivity index (χ2v) is 9.72. The van der Waals surface area contributed by atoms with Gasteiger partial charge in [-0.1, -0.05) is 40.0 Å². The molecule has 156 valence electrons. The highest BCUT2D eigenvalue weighted by molar-refractivity contribution is 5.88. The summed E-state index contributed by atoms with van der Waals surface area (Å²) in [6.45, 7) is 19.0. The lowest BCUT2D eigenvalue weighted by molar-refractivity contribution is -0.322. The summed E-state index contributed by atoms with van der Waals surface area (Å²) in [6, 6.07) is 2.21. The molecule has 5 heteroatoms. The minimum Gasteiger partial charge on any atom is -0.334 e. The van der Waals surface area contributed by atoms with Crippen LogP contribution in [0.1, 0.15) is 101 Å². The lowest BCUT2D eigenvalue weighted by atomic mass is 9.79. The van der Waals surface area contributed by atoms with Gasteiger partial charge in [-0.15, -0.1) is 0 Å². The molecule has 0 aromatic rings. The fourth-order valence-corrected chi connectivity index (χ4v) is 4.17. The molecule has 27 heavy (non-hydrogen) atoms. The number of carbonyl (C=O) groups excluding carboxylic acids is 1. The predicted molar refractivity (Wildman–Crippen MR) is 110 cm³/mol. The molecule has 1 saturated heterocycles. The van der Waals surface area contributed by atoms with Crippen molar-refractivity contribution in [2.24, 2.45) is 0 Å². The summed E-state index contributed by atoms with van der Waals surface area (Å²) in [6.07, 6.45) is 5.78. The number of hydrogen-bond donors (Lipinski definition) is 0. The van der Waals surface area contributed by atoms with Gasteiger partial charge >= 0.3 is 0 Å². The summed E-state index contributed by atoms with van der Waals surface area (Å²) in [5.41, 5.74) is -2.32. The van der Waals surface area contributed by atoms with Crippen molar-refractivity contribution in [3.8, 4) is 6.07 Å². The molecule has 1 aliphatic heterocycles. The summed E-state index contributed by atoms with van der Waals surface area (Å²) >= 11 is 0. The Bertz CT molecular complexity index is 556. The number of piperazine rings is 1. The number of amides is 1. The Morgan fingerprint density at radius 1 is 1.11 bits per heavy atom. The van der Waals surface area contributed by atoms with Gasteiger partial charge < -0.3 is 4.90 Å². The van der Waals surface area contributed by atoms with Gasteiger partial charge in [-0.25, -0.2) is 0 Å². The minimum atomic E-state index is -0.980. The van der Waals surface area contributed by atoms with Crippen LogP contribution in [0.5, 0.6) is 0 Å². The Labute approximate surface area is 167 Å². The lowest BCUT2D eigenvalue weighted by Gasteiger charge is -2.60. The quantitative estimate of drug-likeness (QED) is 0.525. The van der Waals surface area contributed by atoms with E-state index < -0.39 is 16.7 Å². The Hall–Kier alpha value is -1.12. The Balaban J connectivity index is 3.34. The van der Waals surface area contributed by atoms with Crippen molar-refractivity contribution in [1.29, 1.82) is 5.26 Å². The third-order valence-electron chi connectivity index (χ3n) is 6.01. The summed E-state index contributed by atoms with van der Waals surface area (Å²) < 4.78 is 0. The first-order valence-corrected chi connectivity index (χ1v) is 10.6. The maximum Gasteiger partial charge on any atom is 0.245 e. The van der Waals surface area contributed by atoms with E-state index in [2.05, 4.69) is 45.6 Å². The summed E-state index contributed by atoms with van der Waals surface area (Å²) in [5, 5.41) is 11.3. The van der Waals surface area contributed by atoms with Gasteiger partial charge in [0.05, 0.1) is 11.6 Å². The predicted octanol–water partition coefficient (Wildman–Crippen LogP) is 5.06. The number of hydrogen-bond acceptors (Lipinski definition) is 4. The molecule has 1 amide bonds. The van der Waals surface area contributed by atoms with Crippen LogP contribution in [-0.4, -0.2) is 44.6 Å². The topological polar surface area (TPSA) is 56.6 Å². The van der Waals surface area contributed by atoms with Crippen LogP contribution in [-0.2, 0) is 9.63 Å². The van der Waals surface area contributed by atoms with Gasteiger partial charge in [-0.05, 0) is 60.8 Å². The molecular formula is C22H41N3O2. The van der Waals surface area contributed by atoms with E-state index in [-0.39, 0.29) is 11.4 Å². The van der Waals surface area contributed by atoms with Crippen LogP contribution in [0.3, 0.4) is 0 Å². The van der Waals surface area contributed by atoms with Crippen LogP contribution < -0.4 is 0 Å². The van der Waals surface area contributed by atoms with Crippen molar-refractivity contribution in [1.82, 2.24) is 9.96 Å². The van der Waals surface area contributed by atoms with E-state index >= 15 is 0 Å². The van der Waals surface area contributed by atoms with Gasteiger partial charge in [0.1, 0.15) is 5.54 Å². The van der Waals surface area contributed by atoms with E-state index in [1.54, 1.807) is 13.8 Å². The number of carbonyl (C=O) groups is 1.